The van der Waals surface area contributed by atoms with E-state index in [-0.39, 0.29) is 18.7 Å². The van der Waals surface area contributed by atoms with Gasteiger partial charge in [-0.3, -0.25) is 0 Å². The summed E-state index contributed by atoms with van der Waals surface area (Å²) in [6, 6.07) is 11.6. The van der Waals surface area contributed by atoms with Crippen LogP contribution in [0.1, 0.15) is 48.9 Å². The summed E-state index contributed by atoms with van der Waals surface area (Å²) >= 11 is 0. The molecule has 6 heteroatoms. The summed E-state index contributed by atoms with van der Waals surface area (Å²) in [5.41, 5.74) is 3.37. The van der Waals surface area contributed by atoms with Crippen molar-refractivity contribution in [3.8, 4) is 5.88 Å². The molecule has 0 bridgehead atoms. The highest BCUT2D eigenvalue weighted by Gasteiger charge is 2.21. The van der Waals surface area contributed by atoms with Crippen molar-refractivity contribution in [2.24, 2.45) is 0 Å². The predicted molar refractivity (Wildman–Crippen MR) is 102 cm³/mol. The first-order valence-corrected chi connectivity index (χ1v) is 9.49. The van der Waals surface area contributed by atoms with Crippen molar-refractivity contribution >= 4 is 6.03 Å². The van der Waals surface area contributed by atoms with Crippen LogP contribution in [0.15, 0.2) is 42.6 Å². The molecule has 1 aliphatic carbocycles. The number of carbonyl (C=O) groups is 1. The zero-order valence-electron chi connectivity index (χ0n) is 15.6. The molecule has 2 atom stereocenters. The van der Waals surface area contributed by atoms with Crippen LogP contribution in [0.4, 0.5) is 9.18 Å². The van der Waals surface area contributed by atoms with E-state index in [0.717, 1.165) is 24.8 Å². The molecule has 5 nitrogen and oxygen atoms in total. The number of ether oxygens (including phenoxy) is 1. The number of aromatic nitrogens is 1. The fourth-order valence-electron chi connectivity index (χ4n) is 3.23. The second kappa shape index (κ2) is 9.35. The van der Waals surface area contributed by atoms with Gasteiger partial charge in [-0.05, 0) is 48.4 Å². The number of carbonyl (C=O) groups excluding carboxylic acids is 1. The lowest BCUT2D eigenvalue weighted by Gasteiger charge is -2.26. The van der Waals surface area contributed by atoms with Gasteiger partial charge < -0.3 is 15.4 Å². The molecule has 1 aromatic carbocycles. The first kappa shape index (κ1) is 19.1. The molecular weight excluding hydrogens is 345 g/mol. The molecule has 1 aromatic heterocycles. The maximum Gasteiger partial charge on any atom is 0.315 e. The number of nitrogens with zero attached hydrogens (tertiary/aromatic N) is 1. The van der Waals surface area contributed by atoms with E-state index in [2.05, 4.69) is 27.8 Å². The lowest BCUT2D eigenvalue weighted by Crippen LogP contribution is -2.38. The minimum Gasteiger partial charge on any atom is -0.475 e. The van der Waals surface area contributed by atoms with Crippen molar-refractivity contribution < 1.29 is 13.9 Å². The number of pyridine rings is 1. The van der Waals surface area contributed by atoms with Crippen LogP contribution in [0.5, 0.6) is 5.88 Å². The first-order valence-electron chi connectivity index (χ1n) is 9.49. The summed E-state index contributed by atoms with van der Waals surface area (Å²) < 4.78 is 18.6. The number of aryl methyl sites for hydroxylation is 1. The quantitative estimate of drug-likeness (QED) is 0.771. The zero-order chi connectivity index (χ0) is 19.1. The maximum atomic E-state index is 13.3. The number of rotatable bonds is 7. The molecule has 1 heterocycles. The number of hydrogen-bond donors (Lipinski definition) is 2. The number of urea groups is 1. The van der Waals surface area contributed by atoms with Crippen molar-refractivity contribution in [3.05, 3.63) is 59.3 Å². The molecule has 2 N–H and O–H groups in total. The van der Waals surface area contributed by atoms with Crippen LogP contribution in [-0.2, 0) is 13.0 Å². The van der Waals surface area contributed by atoms with Crippen LogP contribution in [0, 0.1) is 0 Å². The third-order valence-corrected chi connectivity index (χ3v) is 4.78. The van der Waals surface area contributed by atoms with Crippen molar-refractivity contribution in [1.29, 1.82) is 0 Å². The second-order valence-electron chi connectivity index (χ2n) is 6.79. The third-order valence-electron chi connectivity index (χ3n) is 4.78. The van der Waals surface area contributed by atoms with Crippen LogP contribution in [0.2, 0.25) is 0 Å². The maximum absolute atomic E-state index is 13.3. The van der Waals surface area contributed by atoms with Crippen LogP contribution in [-0.4, -0.2) is 23.8 Å². The molecule has 0 saturated heterocycles. The van der Waals surface area contributed by atoms with Crippen molar-refractivity contribution in [3.63, 3.8) is 0 Å². The summed E-state index contributed by atoms with van der Waals surface area (Å²) in [6.07, 6.45) is 4.08. The predicted octanol–water partition coefficient (Wildman–Crippen LogP) is 4.09. The molecule has 144 valence electrons. The first-order chi connectivity index (χ1) is 13.2. The Hall–Kier alpha value is -2.63. The molecule has 0 spiro atoms. The smallest absolute Gasteiger partial charge is 0.315 e. The van der Waals surface area contributed by atoms with Gasteiger partial charge in [0.25, 0.3) is 0 Å². The number of hydrogen-bond acceptors (Lipinski definition) is 3. The number of halogens is 1. The molecule has 2 unspecified atom stereocenters. The Morgan fingerprint density at radius 1 is 1.37 bits per heavy atom. The molecule has 0 aliphatic heterocycles. The largest absolute Gasteiger partial charge is 0.475 e. The molecular formula is C21H26FN3O2. The van der Waals surface area contributed by atoms with E-state index in [9.17, 15) is 9.18 Å². The van der Waals surface area contributed by atoms with Crippen LogP contribution in [0.3, 0.4) is 0 Å². The molecule has 2 aromatic rings. The highest BCUT2D eigenvalue weighted by Crippen LogP contribution is 2.29. The summed E-state index contributed by atoms with van der Waals surface area (Å²) in [4.78, 5) is 16.4. The highest BCUT2D eigenvalue weighted by molar-refractivity contribution is 5.74. The van der Waals surface area contributed by atoms with Gasteiger partial charge in [0.1, 0.15) is 12.8 Å². The average Bonchev–Trinajstić information content (AvgIpc) is 2.71. The molecule has 1 aliphatic rings. The lowest BCUT2D eigenvalue weighted by atomic mass is 9.88. The Morgan fingerprint density at radius 3 is 3.07 bits per heavy atom. The van der Waals surface area contributed by atoms with Gasteiger partial charge in [-0.1, -0.05) is 31.2 Å². The lowest BCUT2D eigenvalue weighted by molar-refractivity contribution is 0.186. The molecule has 2 amide bonds. The number of benzene rings is 1. The fourth-order valence-corrected chi connectivity index (χ4v) is 3.23. The van der Waals surface area contributed by atoms with E-state index in [1.165, 1.54) is 11.1 Å². The average molecular weight is 371 g/mol. The Kier molecular flexibility index (Phi) is 6.63. The summed E-state index contributed by atoms with van der Waals surface area (Å²) in [7, 11) is 0. The minimum absolute atomic E-state index is 0.0119. The monoisotopic (exact) mass is 371 g/mol. The van der Waals surface area contributed by atoms with Gasteiger partial charge in [-0.25, -0.2) is 14.2 Å². The van der Waals surface area contributed by atoms with Gasteiger partial charge in [0.05, 0.1) is 6.04 Å². The van der Waals surface area contributed by atoms with E-state index in [0.29, 0.717) is 18.8 Å². The van der Waals surface area contributed by atoms with Gasteiger partial charge in [-0.2, -0.15) is 0 Å². The molecule has 0 saturated carbocycles. The fraction of sp³-hybridized carbons (Fsp3) is 0.429. The third kappa shape index (κ3) is 5.42. The Balaban J connectivity index is 1.51. The summed E-state index contributed by atoms with van der Waals surface area (Å²) in [5.74, 6) is 0.368. The SMILES string of the molecule is CCC(F)COc1cc(CNC(=O)NC2CCCc3ccccc32)ccn1. The van der Waals surface area contributed by atoms with E-state index >= 15 is 0 Å². The van der Waals surface area contributed by atoms with Gasteiger partial charge in [0.15, 0.2) is 0 Å². The number of amides is 2. The molecule has 3 rings (SSSR count). The number of fused-ring (bicyclic) bond motifs is 1. The van der Waals surface area contributed by atoms with Crippen molar-refractivity contribution in [2.75, 3.05) is 6.61 Å². The molecule has 27 heavy (non-hydrogen) atoms. The normalized spacial score (nSPS) is 16.9. The number of alkyl halides is 1. The Bertz CT molecular complexity index is 769. The molecule has 0 fully saturated rings. The van der Waals surface area contributed by atoms with Crippen LogP contribution < -0.4 is 15.4 Å². The zero-order valence-corrected chi connectivity index (χ0v) is 15.6. The van der Waals surface area contributed by atoms with Crippen molar-refractivity contribution in [1.82, 2.24) is 15.6 Å². The Labute approximate surface area is 159 Å². The Morgan fingerprint density at radius 2 is 2.22 bits per heavy atom. The molecule has 0 radical (unpaired) electrons. The van der Waals surface area contributed by atoms with E-state index in [4.69, 9.17) is 4.74 Å². The standard InChI is InChI=1S/C21H26FN3O2/c1-2-17(22)14-27-20-12-15(10-11-23-20)13-24-21(26)25-19-9-5-7-16-6-3-4-8-18(16)19/h3-4,6,8,10-12,17,19H,2,5,7,9,13-14H2,1H3,(H2,24,25,26). The van der Waals surface area contributed by atoms with Gasteiger partial charge in [0, 0.05) is 18.8 Å². The number of nitrogens with one attached hydrogen (secondary N) is 2. The van der Waals surface area contributed by atoms with Crippen molar-refractivity contribution in [2.45, 2.75) is 51.4 Å². The van der Waals surface area contributed by atoms with Crippen LogP contribution >= 0.6 is 0 Å². The minimum atomic E-state index is -1.00. The van der Waals surface area contributed by atoms with Gasteiger partial charge >= 0.3 is 6.03 Å². The topological polar surface area (TPSA) is 63.2 Å². The second-order valence-corrected chi connectivity index (χ2v) is 6.79. The van der Waals surface area contributed by atoms with Gasteiger partial charge in [-0.15, -0.1) is 0 Å². The highest BCUT2D eigenvalue weighted by atomic mass is 19.1. The van der Waals surface area contributed by atoms with E-state index in [1.807, 2.05) is 12.1 Å². The summed E-state index contributed by atoms with van der Waals surface area (Å²) in [5, 5.41) is 5.93. The van der Waals surface area contributed by atoms with Gasteiger partial charge in [0.2, 0.25) is 5.88 Å². The van der Waals surface area contributed by atoms with E-state index < -0.39 is 6.17 Å². The summed E-state index contributed by atoms with van der Waals surface area (Å²) in [6.45, 7) is 2.11. The van der Waals surface area contributed by atoms with Crippen LogP contribution in [0.25, 0.3) is 0 Å². The van der Waals surface area contributed by atoms with E-state index in [1.54, 1.807) is 25.3 Å².